The number of piperidine rings is 1. The van der Waals surface area contributed by atoms with Crippen LogP contribution in [0.5, 0.6) is 0 Å². The Morgan fingerprint density at radius 1 is 1.61 bits per heavy atom. The Labute approximate surface area is 107 Å². The van der Waals surface area contributed by atoms with Crippen LogP contribution in [-0.4, -0.2) is 44.9 Å². The summed E-state index contributed by atoms with van der Waals surface area (Å²) < 4.78 is 1.83. The second kappa shape index (κ2) is 5.95. The number of carbonyl (C=O) groups is 1. The summed E-state index contributed by atoms with van der Waals surface area (Å²) in [5.41, 5.74) is 5.81. The van der Waals surface area contributed by atoms with Gasteiger partial charge in [0, 0.05) is 25.8 Å². The van der Waals surface area contributed by atoms with Crippen LogP contribution in [0, 0.1) is 5.92 Å². The molecular weight excluding hydrogens is 230 g/mol. The summed E-state index contributed by atoms with van der Waals surface area (Å²) in [5.74, 6) is 0.536. The smallest absolute Gasteiger partial charge is 0.239 e. The molecule has 0 saturated carbocycles. The van der Waals surface area contributed by atoms with E-state index in [4.69, 9.17) is 5.73 Å². The highest BCUT2D eigenvalue weighted by molar-refractivity contribution is 5.81. The van der Waals surface area contributed by atoms with Gasteiger partial charge in [0.05, 0.1) is 12.2 Å². The lowest BCUT2D eigenvalue weighted by molar-refractivity contribution is -0.134. The average molecular weight is 251 g/mol. The molecule has 18 heavy (non-hydrogen) atoms. The molecular formula is C12H21N5O. The number of carbonyl (C=O) groups excluding carboxylic acids is 1. The van der Waals surface area contributed by atoms with Gasteiger partial charge in [0.2, 0.25) is 5.91 Å². The molecule has 0 spiro atoms. The molecule has 2 rings (SSSR count). The number of aromatic nitrogens is 3. The number of likely N-dealkylation sites (tertiary alicyclic amines) is 1. The summed E-state index contributed by atoms with van der Waals surface area (Å²) >= 11 is 0. The molecule has 1 fully saturated rings. The summed E-state index contributed by atoms with van der Waals surface area (Å²) in [5, 5.41) is 7.77. The minimum atomic E-state index is -0.352. The van der Waals surface area contributed by atoms with Gasteiger partial charge in [-0.1, -0.05) is 12.1 Å². The molecule has 100 valence electrons. The Morgan fingerprint density at radius 2 is 2.44 bits per heavy atom. The van der Waals surface area contributed by atoms with Crippen molar-refractivity contribution < 1.29 is 4.79 Å². The van der Waals surface area contributed by atoms with Gasteiger partial charge in [-0.25, -0.2) is 0 Å². The Bertz CT molecular complexity index is 378. The number of amides is 1. The van der Waals surface area contributed by atoms with Crippen molar-refractivity contribution >= 4 is 5.91 Å². The molecule has 0 aliphatic carbocycles. The number of rotatable bonds is 4. The summed E-state index contributed by atoms with van der Waals surface area (Å²) in [6, 6.07) is -0.352. The van der Waals surface area contributed by atoms with E-state index in [1.165, 1.54) is 0 Å². The van der Waals surface area contributed by atoms with Crippen molar-refractivity contribution in [3.05, 3.63) is 12.4 Å². The third kappa shape index (κ3) is 3.07. The first-order valence-corrected chi connectivity index (χ1v) is 6.59. The van der Waals surface area contributed by atoms with Gasteiger partial charge >= 0.3 is 0 Å². The number of hydrogen-bond acceptors (Lipinski definition) is 4. The summed E-state index contributed by atoms with van der Waals surface area (Å²) in [6.07, 6.45) is 6.41. The van der Waals surface area contributed by atoms with Crippen LogP contribution in [0.4, 0.5) is 0 Å². The van der Waals surface area contributed by atoms with Crippen LogP contribution in [-0.2, 0) is 11.3 Å². The van der Waals surface area contributed by atoms with Crippen LogP contribution in [0.1, 0.15) is 26.2 Å². The summed E-state index contributed by atoms with van der Waals surface area (Å²) in [7, 11) is 0. The van der Waals surface area contributed by atoms with Crippen LogP contribution >= 0.6 is 0 Å². The zero-order chi connectivity index (χ0) is 13.0. The largest absolute Gasteiger partial charge is 0.341 e. The first-order valence-electron chi connectivity index (χ1n) is 6.59. The molecule has 1 amide bonds. The van der Waals surface area contributed by atoms with Crippen LogP contribution in [0.3, 0.4) is 0 Å². The summed E-state index contributed by atoms with van der Waals surface area (Å²) in [4.78, 5) is 13.9. The molecule has 6 nitrogen and oxygen atoms in total. The van der Waals surface area contributed by atoms with Crippen molar-refractivity contribution in [1.29, 1.82) is 0 Å². The predicted molar refractivity (Wildman–Crippen MR) is 67.6 cm³/mol. The summed E-state index contributed by atoms with van der Waals surface area (Å²) in [6.45, 7) is 4.39. The fourth-order valence-corrected chi connectivity index (χ4v) is 2.42. The quantitative estimate of drug-likeness (QED) is 0.832. The van der Waals surface area contributed by atoms with Gasteiger partial charge in [-0.15, -0.1) is 5.10 Å². The van der Waals surface area contributed by atoms with E-state index in [1.54, 1.807) is 6.20 Å². The molecule has 2 unspecified atom stereocenters. The molecule has 1 aromatic rings. The van der Waals surface area contributed by atoms with E-state index in [2.05, 4.69) is 10.3 Å². The third-order valence-electron chi connectivity index (χ3n) is 3.50. The van der Waals surface area contributed by atoms with E-state index < -0.39 is 0 Å². The van der Waals surface area contributed by atoms with Gasteiger partial charge in [0.25, 0.3) is 0 Å². The van der Waals surface area contributed by atoms with Crippen molar-refractivity contribution in [2.75, 3.05) is 13.1 Å². The van der Waals surface area contributed by atoms with Gasteiger partial charge in [-0.3, -0.25) is 9.48 Å². The molecule has 1 aliphatic rings. The Kier molecular flexibility index (Phi) is 4.30. The fraction of sp³-hybridized carbons (Fsp3) is 0.750. The highest BCUT2D eigenvalue weighted by Gasteiger charge is 2.26. The van der Waals surface area contributed by atoms with E-state index in [0.717, 1.165) is 32.5 Å². The maximum atomic E-state index is 12.0. The topological polar surface area (TPSA) is 77.0 Å². The van der Waals surface area contributed by atoms with E-state index >= 15 is 0 Å². The van der Waals surface area contributed by atoms with E-state index in [0.29, 0.717) is 12.3 Å². The Balaban J connectivity index is 1.90. The molecule has 6 heteroatoms. The number of nitrogens with zero attached hydrogens (tertiary/aromatic N) is 4. The van der Waals surface area contributed by atoms with Gasteiger partial charge in [0.15, 0.2) is 0 Å². The lowest BCUT2D eigenvalue weighted by atomic mass is 9.97. The lowest BCUT2D eigenvalue weighted by Gasteiger charge is -2.34. The normalized spacial score (nSPS) is 21.9. The molecule has 1 aliphatic heterocycles. The maximum absolute atomic E-state index is 12.0. The lowest BCUT2D eigenvalue weighted by Crippen LogP contribution is -2.48. The standard InChI is InChI=1S/C12H21N5O/c1-2-11(13)12(18)16-6-3-4-10(8-16)9-17-7-5-14-15-17/h5,7,10-11H,2-4,6,8-9,13H2,1H3. The number of nitrogens with two attached hydrogens (primary N) is 1. The Hall–Kier alpha value is -1.43. The van der Waals surface area contributed by atoms with Crippen LogP contribution < -0.4 is 5.73 Å². The minimum absolute atomic E-state index is 0.0841. The zero-order valence-electron chi connectivity index (χ0n) is 10.8. The first-order chi connectivity index (χ1) is 8.70. The van der Waals surface area contributed by atoms with Crippen molar-refractivity contribution in [3.8, 4) is 0 Å². The van der Waals surface area contributed by atoms with E-state index in [1.807, 2.05) is 22.7 Å². The van der Waals surface area contributed by atoms with Crippen LogP contribution in [0.25, 0.3) is 0 Å². The Morgan fingerprint density at radius 3 is 3.11 bits per heavy atom. The maximum Gasteiger partial charge on any atom is 0.239 e. The number of hydrogen-bond donors (Lipinski definition) is 1. The van der Waals surface area contributed by atoms with Crippen LogP contribution in [0.15, 0.2) is 12.4 Å². The highest BCUT2D eigenvalue weighted by Crippen LogP contribution is 2.18. The van der Waals surface area contributed by atoms with Gasteiger partial charge in [-0.2, -0.15) is 0 Å². The van der Waals surface area contributed by atoms with E-state index in [9.17, 15) is 4.79 Å². The molecule has 2 atom stereocenters. The third-order valence-corrected chi connectivity index (χ3v) is 3.50. The molecule has 0 bridgehead atoms. The fourth-order valence-electron chi connectivity index (χ4n) is 2.42. The van der Waals surface area contributed by atoms with Crippen molar-refractivity contribution in [2.24, 2.45) is 11.7 Å². The van der Waals surface area contributed by atoms with Crippen LogP contribution in [0.2, 0.25) is 0 Å². The molecule has 1 aromatic heterocycles. The predicted octanol–water partition coefficient (Wildman–Crippen LogP) is 0.254. The molecule has 2 heterocycles. The van der Waals surface area contributed by atoms with Crippen molar-refractivity contribution in [2.45, 2.75) is 38.8 Å². The van der Waals surface area contributed by atoms with Gasteiger partial charge < -0.3 is 10.6 Å². The average Bonchev–Trinajstić information content (AvgIpc) is 2.90. The molecule has 0 aromatic carbocycles. The molecule has 1 saturated heterocycles. The molecule has 0 radical (unpaired) electrons. The van der Waals surface area contributed by atoms with Gasteiger partial charge in [-0.05, 0) is 25.2 Å². The second-order valence-electron chi connectivity index (χ2n) is 4.93. The minimum Gasteiger partial charge on any atom is -0.341 e. The van der Waals surface area contributed by atoms with Gasteiger partial charge in [0.1, 0.15) is 0 Å². The molecule has 2 N–H and O–H groups in total. The second-order valence-corrected chi connectivity index (χ2v) is 4.93. The van der Waals surface area contributed by atoms with Crippen molar-refractivity contribution in [3.63, 3.8) is 0 Å². The zero-order valence-corrected chi connectivity index (χ0v) is 10.8. The van der Waals surface area contributed by atoms with E-state index in [-0.39, 0.29) is 11.9 Å². The SMILES string of the molecule is CCC(N)C(=O)N1CCCC(Cn2ccnn2)C1. The first kappa shape index (κ1) is 13.0. The highest BCUT2D eigenvalue weighted by atomic mass is 16.2. The van der Waals surface area contributed by atoms with Crippen molar-refractivity contribution in [1.82, 2.24) is 19.9 Å². The monoisotopic (exact) mass is 251 g/mol.